The Balaban J connectivity index is 1.65. The molecule has 1 aliphatic rings. The predicted octanol–water partition coefficient (Wildman–Crippen LogP) is 2.81. The summed E-state index contributed by atoms with van der Waals surface area (Å²) in [6.45, 7) is 2.70. The maximum absolute atomic E-state index is 13.2. The van der Waals surface area contributed by atoms with Crippen molar-refractivity contribution in [3.8, 4) is 0 Å². The number of aryl methyl sites for hydroxylation is 1. The number of hydrogen-bond acceptors (Lipinski definition) is 3. The second kappa shape index (κ2) is 8.86. The van der Waals surface area contributed by atoms with Crippen molar-refractivity contribution in [2.75, 3.05) is 6.54 Å². The largest absolute Gasteiger partial charge is 0.481 e. The highest BCUT2D eigenvalue weighted by Crippen LogP contribution is 2.23. The molecule has 1 saturated heterocycles. The van der Waals surface area contributed by atoms with E-state index in [1.165, 1.54) is 24.3 Å². The molecule has 0 aliphatic carbocycles. The molecule has 2 amide bonds. The molecular formula is C22H23FN2O4. The lowest BCUT2D eigenvalue weighted by molar-refractivity contribution is -0.138. The molecule has 3 rings (SSSR count). The number of carbonyl (C=O) groups excluding carboxylic acids is 2. The van der Waals surface area contributed by atoms with E-state index in [2.05, 4.69) is 5.32 Å². The molecule has 7 heteroatoms. The third-order valence-corrected chi connectivity index (χ3v) is 5.05. The molecule has 2 atom stereocenters. The number of amides is 2. The minimum Gasteiger partial charge on any atom is -0.481 e. The summed E-state index contributed by atoms with van der Waals surface area (Å²) < 4.78 is 13.2. The van der Waals surface area contributed by atoms with Gasteiger partial charge in [0.1, 0.15) is 5.82 Å². The number of aliphatic carboxylic acids is 1. The normalized spacial score (nSPS) is 17.2. The summed E-state index contributed by atoms with van der Waals surface area (Å²) in [5.41, 5.74) is 2.62. The lowest BCUT2D eigenvalue weighted by atomic mass is 10.0. The highest BCUT2D eigenvalue weighted by Gasteiger charge is 2.35. The molecule has 2 N–H and O–H groups in total. The van der Waals surface area contributed by atoms with Crippen LogP contribution < -0.4 is 5.32 Å². The van der Waals surface area contributed by atoms with Gasteiger partial charge in [-0.3, -0.25) is 14.4 Å². The minimum absolute atomic E-state index is 0.0842. The van der Waals surface area contributed by atoms with Crippen molar-refractivity contribution in [1.82, 2.24) is 10.2 Å². The molecule has 1 fully saturated rings. The number of rotatable bonds is 7. The molecule has 1 aliphatic heterocycles. The first-order valence-electron chi connectivity index (χ1n) is 9.43. The first kappa shape index (κ1) is 20.5. The maximum atomic E-state index is 13.2. The van der Waals surface area contributed by atoms with Crippen molar-refractivity contribution in [3.63, 3.8) is 0 Å². The molecule has 1 heterocycles. The number of benzene rings is 2. The van der Waals surface area contributed by atoms with Crippen LogP contribution in [0.4, 0.5) is 4.39 Å². The van der Waals surface area contributed by atoms with Crippen LogP contribution >= 0.6 is 0 Å². The van der Waals surface area contributed by atoms with Crippen molar-refractivity contribution < 1.29 is 23.9 Å². The van der Waals surface area contributed by atoms with E-state index in [1.807, 2.05) is 31.2 Å². The van der Waals surface area contributed by atoms with Gasteiger partial charge in [-0.2, -0.15) is 0 Å². The van der Waals surface area contributed by atoms with E-state index in [1.54, 1.807) is 4.90 Å². The van der Waals surface area contributed by atoms with E-state index in [0.29, 0.717) is 12.1 Å². The lowest BCUT2D eigenvalue weighted by Crippen LogP contribution is -2.36. The molecule has 0 radical (unpaired) electrons. The molecule has 2 aromatic rings. The quantitative estimate of drug-likeness (QED) is 0.751. The number of nitrogens with one attached hydrogen (secondary N) is 1. The molecule has 0 bridgehead atoms. The van der Waals surface area contributed by atoms with E-state index in [0.717, 1.165) is 11.1 Å². The topological polar surface area (TPSA) is 86.7 Å². The first-order chi connectivity index (χ1) is 13.8. The van der Waals surface area contributed by atoms with Crippen LogP contribution in [0.15, 0.2) is 48.5 Å². The fourth-order valence-electron chi connectivity index (χ4n) is 3.43. The van der Waals surface area contributed by atoms with Gasteiger partial charge < -0.3 is 15.3 Å². The van der Waals surface area contributed by atoms with Crippen LogP contribution in [0.2, 0.25) is 0 Å². The first-order valence-corrected chi connectivity index (χ1v) is 9.43. The Bertz CT molecular complexity index is 896. The van der Waals surface area contributed by atoms with Crippen LogP contribution in [0.1, 0.15) is 35.6 Å². The number of nitrogens with zero attached hydrogens (tertiary/aromatic N) is 1. The molecule has 0 aromatic heterocycles. The van der Waals surface area contributed by atoms with Gasteiger partial charge in [0.2, 0.25) is 11.8 Å². The van der Waals surface area contributed by atoms with Crippen LogP contribution in [-0.4, -0.2) is 34.3 Å². The van der Waals surface area contributed by atoms with Gasteiger partial charge in [0.05, 0.1) is 18.4 Å². The molecule has 152 valence electrons. The van der Waals surface area contributed by atoms with E-state index in [4.69, 9.17) is 5.11 Å². The molecule has 2 unspecified atom stereocenters. The van der Waals surface area contributed by atoms with Crippen LogP contribution in [0.5, 0.6) is 0 Å². The smallest absolute Gasteiger partial charge is 0.305 e. The lowest BCUT2D eigenvalue weighted by Gasteiger charge is -2.20. The average molecular weight is 398 g/mol. The fourth-order valence-corrected chi connectivity index (χ4v) is 3.43. The second-order valence-corrected chi connectivity index (χ2v) is 7.37. The number of halogens is 1. The van der Waals surface area contributed by atoms with Gasteiger partial charge >= 0.3 is 5.97 Å². The van der Waals surface area contributed by atoms with Crippen molar-refractivity contribution in [3.05, 3.63) is 71.0 Å². The average Bonchev–Trinajstić information content (AvgIpc) is 3.04. The van der Waals surface area contributed by atoms with Gasteiger partial charge in [-0.05, 0) is 30.2 Å². The Hall–Kier alpha value is -3.22. The summed E-state index contributed by atoms with van der Waals surface area (Å²) in [5, 5.41) is 11.9. The van der Waals surface area contributed by atoms with Gasteiger partial charge in [0.25, 0.3) is 0 Å². The summed E-state index contributed by atoms with van der Waals surface area (Å²) >= 11 is 0. The van der Waals surface area contributed by atoms with Crippen LogP contribution in [0, 0.1) is 18.7 Å². The van der Waals surface area contributed by atoms with Crippen LogP contribution in [-0.2, 0) is 20.9 Å². The zero-order chi connectivity index (χ0) is 21.0. The summed E-state index contributed by atoms with van der Waals surface area (Å²) in [6, 6.07) is 12.4. The Morgan fingerprint density at radius 2 is 1.83 bits per heavy atom. The van der Waals surface area contributed by atoms with Crippen molar-refractivity contribution >= 4 is 17.8 Å². The van der Waals surface area contributed by atoms with Crippen LogP contribution in [0.25, 0.3) is 0 Å². The standard InChI is InChI=1S/C22H23FN2O4/c1-14-2-4-15(5-3-14)12-25-13-17(10-20(25)26)22(29)24-19(11-21(27)28)16-6-8-18(23)9-7-16/h2-9,17,19H,10-13H2,1H3,(H,24,29)(H,27,28). The van der Waals surface area contributed by atoms with E-state index in [-0.39, 0.29) is 31.2 Å². The Morgan fingerprint density at radius 1 is 1.17 bits per heavy atom. The SMILES string of the molecule is Cc1ccc(CN2CC(C(=O)NC(CC(=O)O)c3ccc(F)cc3)CC2=O)cc1. The van der Waals surface area contributed by atoms with Crippen molar-refractivity contribution in [2.24, 2.45) is 5.92 Å². The Kier molecular flexibility index (Phi) is 6.26. The Morgan fingerprint density at radius 3 is 2.45 bits per heavy atom. The molecule has 6 nitrogen and oxygen atoms in total. The van der Waals surface area contributed by atoms with Crippen molar-refractivity contribution in [1.29, 1.82) is 0 Å². The third-order valence-electron chi connectivity index (χ3n) is 5.05. The van der Waals surface area contributed by atoms with E-state index in [9.17, 15) is 18.8 Å². The van der Waals surface area contributed by atoms with E-state index >= 15 is 0 Å². The number of carboxylic acid groups (broad SMARTS) is 1. The van der Waals surface area contributed by atoms with Gasteiger partial charge in [-0.1, -0.05) is 42.0 Å². The number of likely N-dealkylation sites (tertiary alicyclic amines) is 1. The maximum Gasteiger partial charge on any atom is 0.305 e. The summed E-state index contributed by atoms with van der Waals surface area (Å²) in [5.74, 6) is -2.56. The summed E-state index contributed by atoms with van der Waals surface area (Å²) in [7, 11) is 0. The number of carboxylic acids is 1. The second-order valence-electron chi connectivity index (χ2n) is 7.37. The molecule has 2 aromatic carbocycles. The summed E-state index contributed by atoms with van der Waals surface area (Å²) in [6.07, 6.45) is -0.244. The number of carbonyl (C=O) groups is 3. The molecule has 29 heavy (non-hydrogen) atoms. The monoisotopic (exact) mass is 398 g/mol. The van der Waals surface area contributed by atoms with Crippen molar-refractivity contribution in [2.45, 2.75) is 32.4 Å². The van der Waals surface area contributed by atoms with E-state index < -0.39 is 23.7 Å². The predicted molar refractivity (Wildman–Crippen MR) is 104 cm³/mol. The molecule has 0 saturated carbocycles. The third kappa shape index (κ3) is 5.40. The van der Waals surface area contributed by atoms with Gasteiger partial charge in [0, 0.05) is 19.5 Å². The highest BCUT2D eigenvalue weighted by atomic mass is 19.1. The van der Waals surface area contributed by atoms with Gasteiger partial charge in [-0.15, -0.1) is 0 Å². The molecule has 0 spiro atoms. The number of hydrogen-bond donors (Lipinski definition) is 2. The molecular weight excluding hydrogens is 375 g/mol. The highest BCUT2D eigenvalue weighted by molar-refractivity contribution is 5.89. The Labute approximate surface area is 168 Å². The van der Waals surface area contributed by atoms with Crippen LogP contribution in [0.3, 0.4) is 0 Å². The zero-order valence-electron chi connectivity index (χ0n) is 16.1. The fraction of sp³-hybridized carbons (Fsp3) is 0.318. The minimum atomic E-state index is -1.08. The van der Waals surface area contributed by atoms with Gasteiger partial charge in [0.15, 0.2) is 0 Å². The summed E-state index contributed by atoms with van der Waals surface area (Å²) in [4.78, 5) is 37.9. The van der Waals surface area contributed by atoms with Gasteiger partial charge in [-0.25, -0.2) is 4.39 Å². The zero-order valence-corrected chi connectivity index (χ0v) is 16.1.